The summed E-state index contributed by atoms with van der Waals surface area (Å²) in [4.78, 5) is 51.9. The molecule has 2 aliphatic carbocycles. The Morgan fingerprint density at radius 2 is 1.71 bits per heavy atom. The number of para-hydroxylation sites is 1. The van der Waals surface area contributed by atoms with Crippen LogP contribution in [-0.2, 0) is 23.8 Å². The average Bonchev–Trinajstić information content (AvgIpc) is 3.46. The zero-order valence-corrected chi connectivity index (χ0v) is 21.0. The number of fused-ring (bicyclic) bond motifs is 1. The Labute approximate surface area is 205 Å². The molecule has 0 saturated heterocycles. The van der Waals surface area contributed by atoms with Crippen LogP contribution in [0.15, 0.2) is 24.3 Å². The lowest BCUT2D eigenvalue weighted by Crippen LogP contribution is -2.59. The second kappa shape index (κ2) is 10.1. The van der Waals surface area contributed by atoms with Crippen molar-refractivity contribution in [1.82, 2.24) is 10.6 Å². The van der Waals surface area contributed by atoms with Crippen molar-refractivity contribution in [3.8, 4) is 5.75 Å². The average molecular weight is 491 g/mol. The van der Waals surface area contributed by atoms with Gasteiger partial charge < -0.3 is 29.6 Å². The first-order valence-electron chi connectivity index (χ1n) is 11.8. The number of ether oxygens (including phenoxy) is 4. The summed E-state index contributed by atoms with van der Waals surface area (Å²) in [7, 11) is 1.46. The minimum Gasteiger partial charge on any atom is -0.496 e. The Kier molecular flexibility index (Phi) is 7.62. The van der Waals surface area contributed by atoms with Gasteiger partial charge in [-0.2, -0.15) is 0 Å². The van der Waals surface area contributed by atoms with Gasteiger partial charge >= 0.3 is 18.0 Å². The van der Waals surface area contributed by atoms with E-state index < -0.39 is 58.9 Å². The van der Waals surface area contributed by atoms with Gasteiger partial charge in [0.2, 0.25) is 0 Å². The van der Waals surface area contributed by atoms with Crippen LogP contribution >= 0.6 is 0 Å². The van der Waals surface area contributed by atoms with Crippen LogP contribution in [0.3, 0.4) is 0 Å². The number of hydrogen-bond donors (Lipinski definition) is 2. The normalized spacial score (nSPS) is 26.7. The molecule has 5 atom stereocenters. The number of esters is 2. The van der Waals surface area contributed by atoms with E-state index in [2.05, 4.69) is 10.6 Å². The Bertz CT molecular complexity index is 988. The van der Waals surface area contributed by atoms with Crippen LogP contribution in [0.5, 0.6) is 5.75 Å². The largest absolute Gasteiger partial charge is 0.496 e. The molecule has 192 valence electrons. The lowest BCUT2D eigenvalue weighted by atomic mass is 9.88. The van der Waals surface area contributed by atoms with E-state index >= 15 is 0 Å². The Balaban J connectivity index is 1.94. The maximum absolute atomic E-state index is 13.3. The van der Waals surface area contributed by atoms with Crippen molar-refractivity contribution >= 4 is 23.9 Å². The molecule has 0 aliphatic heterocycles. The Hall–Kier alpha value is -3.30. The lowest BCUT2D eigenvalue weighted by molar-refractivity contribution is -0.153. The number of methoxy groups -OCH3 is 1. The van der Waals surface area contributed by atoms with Gasteiger partial charge in [-0.25, -0.2) is 9.59 Å². The number of carbonyl (C=O) groups excluding carboxylic acids is 4. The van der Waals surface area contributed by atoms with E-state index in [0.717, 1.165) is 0 Å². The summed E-state index contributed by atoms with van der Waals surface area (Å²) in [5.41, 5.74) is -2.05. The van der Waals surface area contributed by atoms with E-state index in [-0.39, 0.29) is 19.6 Å². The SMILES string of the molecule is CCOC(=O)[C@H]1C2C(NC(=O)c3ccccc3OC)CC(NC(=O)OC(C)(C)C)(C(=O)OCC)C21. The second-order valence-electron chi connectivity index (χ2n) is 9.68. The summed E-state index contributed by atoms with van der Waals surface area (Å²) >= 11 is 0. The highest BCUT2D eigenvalue weighted by molar-refractivity contribution is 5.98. The molecule has 10 nitrogen and oxygen atoms in total. The highest BCUT2D eigenvalue weighted by atomic mass is 16.6. The van der Waals surface area contributed by atoms with E-state index in [1.807, 2.05) is 0 Å². The summed E-state index contributed by atoms with van der Waals surface area (Å²) in [5.74, 6) is -2.92. The van der Waals surface area contributed by atoms with Crippen molar-refractivity contribution in [1.29, 1.82) is 0 Å². The predicted molar refractivity (Wildman–Crippen MR) is 125 cm³/mol. The van der Waals surface area contributed by atoms with Crippen molar-refractivity contribution in [2.75, 3.05) is 20.3 Å². The van der Waals surface area contributed by atoms with Crippen LogP contribution in [0.2, 0.25) is 0 Å². The standard InChI is InChI=1S/C25H34N2O8/c1-7-33-21(29)18-17-15(26-20(28)14-11-9-10-12-16(14)32-6)13-25(19(17)18,22(30)34-8-2)27-23(31)35-24(3,4)5/h9-12,15,17-19H,7-8,13H2,1-6H3,(H,26,28)(H,27,31)/t15?,17?,18-,19?,25?/m0/s1. The van der Waals surface area contributed by atoms with Gasteiger partial charge in [0.15, 0.2) is 0 Å². The Morgan fingerprint density at radius 1 is 1.06 bits per heavy atom. The molecule has 0 heterocycles. The predicted octanol–water partition coefficient (Wildman–Crippen LogP) is 2.45. The zero-order chi connectivity index (χ0) is 26.0. The third kappa shape index (κ3) is 5.36. The van der Waals surface area contributed by atoms with Gasteiger partial charge in [-0.15, -0.1) is 0 Å². The summed E-state index contributed by atoms with van der Waals surface area (Å²) in [6.45, 7) is 8.70. The summed E-state index contributed by atoms with van der Waals surface area (Å²) in [5, 5.41) is 5.63. The maximum Gasteiger partial charge on any atom is 0.408 e. The number of rotatable bonds is 8. The molecule has 2 amide bonds. The minimum absolute atomic E-state index is 0.0389. The van der Waals surface area contributed by atoms with E-state index in [4.69, 9.17) is 18.9 Å². The molecule has 1 aromatic carbocycles. The number of benzene rings is 1. The Morgan fingerprint density at radius 3 is 2.31 bits per heavy atom. The fourth-order valence-electron chi connectivity index (χ4n) is 5.01. The summed E-state index contributed by atoms with van der Waals surface area (Å²) in [6, 6.07) is 6.13. The van der Waals surface area contributed by atoms with Gasteiger partial charge in [0.05, 0.1) is 31.8 Å². The third-order valence-electron chi connectivity index (χ3n) is 6.24. The topological polar surface area (TPSA) is 129 Å². The van der Waals surface area contributed by atoms with Crippen LogP contribution < -0.4 is 15.4 Å². The van der Waals surface area contributed by atoms with Crippen LogP contribution in [0.1, 0.15) is 51.4 Å². The highest BCUT2D eigenvalue weighted by Gasteiger charge is 2.76. The number of carbonyl (C=O) groups is 4. The van der Waals surface area contributed by atoms with Crippen LogP contribution in [-0.4, -0.2) is 61.4 Å². The van der Waals surface area contributed by atoms with Crippen molar-refractivity contribution in [3.05, 3.63) is 29.8 Å². The van der Waals surface area contributed by atoms with Crippen LogP contribution in [0, 0.1) is 17.8 Å². The zero-order valence-electron chi connectivity index (χ0n) is 21.0. The molecule has 3 rings (SSSR count). The number of hydrogen-bond acceptors (Lipinski definition) is 8. The fourth-order valence-corrected chi connectivity index (χ4v) is 5.01. The third-order valence-corrected chi connectivity index (χ3v) is 6.24. The van der Waals surface area contributed by atoms with E-state index in [1.54, 1.807) is 58.9 Å². The van der Waals surface area contributed by atoms with Crippen molar-refractivity contribution < 1.29 is 38.1 Å². The molecule has 10 heteroatoms. The molecule has 2 fully saturated rings. The molecule has 4 unspecified atom stereocenters. The minimum atomic E-state index is -1.56. The molecule has 2 aliphatic rings. The fraction of sp³-hybridized carbons (Fsp3) is 0.600. The molecular formula is C25H34N2O8. The molecule has 0 radical (unpaired) electrons. The lowest BCUT2D eigenvalue weighted by Gasteiger charge is -2.33. The molecule has 35 heavy (non-hydrogen) atoms. The van der Waals surface area contributed by atoms with Gasteiger partial charge in [-0.3, -0.25) is 9.59 Å². The first-order valence-corrected chi connectivity index (χ1v) is 11.8. The first-order chi connectivity index (χ1) is 16.5. The van der Waals surface area contributed by atoms with Gasteiger partial charge in [0.25, 0.3) is 5.91 Å². The quantitative estimate of drug-likeness (QED) is 0.420. The molecule has 2 saturated carbocycles. The van der Waals surface area contributed by atoms with Crippen molar-refractivity contribution in [2.24, 2.45) is 17.8 Å². The summed E-state index contributed by atoms with van der Waals surface area (Å²) < 4.78 is 21.2. The molecular weight excluding hydrogens is 456 g/mol. The molecule has 0 bridgehead atoms. The molecule has 0 aromatic heterocycles. The number of alkyl carbamates (subject to hydrolysis) is 1. The van der Waals surface area contributed by atoms with Crippen molar-refractivity contribution in [3.63, 3.8) is 0 Å². The highest BCUT2D eigenvalue weighted by Crippen LogP contribution is 2.63. The molecule has 1 aromatic rings. The van der Waals surface area contributed by atoms with E-state index in [1.165, 1.54) is 7.11 Å². The van der Waals surface area contributed by atoms with Crippen LogP contribution in [0.4, 0.5) is 4.79 Å². The maximum atomic E-state index is 13.3. The first kappa shape index (κ1) is 26.3. The molecule has 2 N–H and O–H groups in total. The summed E-state index contributed by atoms with van der Waals surface area (Å²) in [6.07, 6.45) is -0.771. The number of amides is 2. The molecule has 0 spiro atoms. The van der Waals surface area contributed by atoms with E-state index in [0.29, 0.717) is 11.3 Å². The monoisotopic (exact) mass is 490 g/mol. The smallest absolute Gasteiger partial charge is 0.408 e. The van der Waals surface area contributed by atoms with Crippen molar-refractivity contribution in [2.45, 2.75) is 58.2 Å². The van der Waals surface area contributed by atoms with Gasteiger partial charge in [-0.1, -0.05) is 12.1 Å². The number of nitrogens with one attached hydrogen (secondary N) is 2. The second-order valence-corrected chi connectivity index (χ2v) is 9.68. The van der Waals surface area contributed by atoms with E-state index in [9.17, 15) is 19.2 Å². The van der Waals surface area contributed by atoms with Gasteiger partial charge in [0.1, 0.15) is 16.9 Å². The van der Waals surface area contributed by atoms with Gasteiger partial charge in [0, 0.05) is 18.4 Å². The van der Waals surface area contributed by atoms with Gasteiger partial charge in [-0.05, 0) is 52.7 Å². The van der Waals surface area contributed by atoms with Crippen LogP contribution in [0.25, 0.3) is 0 Å².